The van der Waals surface area contributed by atoms with Crippen molar-refractivity contribution in [1.82, 2.24) is 9.88 Å². The minimum absolute atomic E-state index is 0.0746. The van der Waals surface area contributed by atoms with Gasteiger partial charge in [-0.3, -0.25) is 9.69 Å². The molecule has 0 unspecified atom stereocenters. The summed E-state index contributed by atoms with van der Waals surface area (Å²) in [6.45, 7) is 6.50. The molecule has 0 bridgehead atoms. The maximum absolute atomic E-state index is 12.4. The van der Waals surface area contributed by atoms with Crippen LogP contribution in [-0.2, 0) is 4.79 Å². The number of carbonyl (C=O) groups is 1. The van der Waals surface area contributed by atoms with Gasteiger partial charge in [-0.05, 0) is 80.6 Å². The molecular formula is C23H27N3O. The second kappa shape index (κ2) is 7.57. The number of nitrogens with one attached hydrogen (secondary N) is 2. The van der Waals surface area contributed by atoms with Crippen LogP contribution in [0, 0.1) is 13.8 Å². The number of amides is 1. The first-order valence-corrected chi connectivity index (χ1v) is 9.75. The molecule has 3 aromatic rings. The third-order valence-electron chi connectivity index (χ3n) is 5.52. The molecule has 1 saturated heterocycles. The number of aryl methyl sites for hydroxylation is 2. The van der Waals surface area contributed by atoms with Crippen LogP contribution in [0.15, 0.2) is 48.7 Å². The number of para-hydroxylation sites is 1. The van der Waals surface area contributed by atoms with Gasteiger partial charge in [-0.1, -0.05) is 24.3 Å². The quantitative estimate of drug-likeness (QED) is 0.713. The minimum atomic E-state index is 0.0746. The molecule has 4 nitrogen and oxygen atoms in total. The van der Waals surface area contributed by atoms with Gasteiger partial charge in [-0.2, -0.15) is 0 Å². The van der Waals surface area contributed by atoms with E-state index < -0.39 is 0 Å². The molecule has 1 aliphatic rings. The van der Waals surface area contributed by atoms with E-state index in [2.05, 4.69) is 65.6 Å². The standard InChI is InChI=1S/C23H27N3O/c1-16-11-17(2)13-19(12-16)25-23(27)15-26-9-7-18(8-10-26)21-14-24-22-6-4-3-5-20(21)22/h3-6,11-14,18,24H,7-10,15H2,1-2H3,(H,25,27). The van der Waals surface area contributed by atoms with Crippen LogP contribution in [0.2, 0.25) is 0 Å². The van der Waals surface area contributed by atoms with Crippen LogP contribution >= 0.6 is 0 Å². The van der Waals surface area contributed by atoms with Crippen molar-refractivity contribution < 1.29 is 4.79 Å². The van der Waals surface area contributed by atoms with E-state index in [4.69, 9.17) is 0 Å². The summed E-state index contributed by atoms with van der Waals surface area (Å²) < 4.78 is 0. The molecule has 1 aliphatic heterocycles. The normalized spacial score (nSPS) is 15.9. The second-order valence-electron chi connectivity index (χ2n) is 7.76. The molecule has 1 amide bonds. The Kier molecular flexibility index (Phi) is 4.99. The number of piperidine rings is 1. The van der Waals surface area contributed by atoms with Crippen LogP contribution in [0.1, 0.15) is 35.4 Å². The molecule has 2 N–H and O–H groups in total. The van der Waals surface area contributed by atoms with Gasteiger partial charge in [0.05, 0.1) is 6.54 Å². The summed E-state index contributed by atoms with van der Waals surface area (Å²) in [6, 6.07) is 14.7. The largest absolute Gasteiger partial charge is 0.361 e. The topological polar surface area (TPSA) is 48.1 Å². The lowest BCUT2D eigenvalue weighted by Crippen LogP contribution is -2.38. The van der Waals surface area contributed by atoms with Crippen LogP contribution in [0.5, 0.6) is 0 Å². The fourth-order valence-electron chi connectivity index (χ4n) is 4.28. The maximum atomic E-state index is 12.4. The molecule has 2 heterocycles. The Balaban J connectivity index is 1.33. The van der Waals surface area contributed by atoms with E-state index in [1.54, 1.807) is 0 Å². The Hall–Kier alpha value is -2.59. The number of benzene rings is 2. The summed E-state index contributed by atoms with van der Waals surface area (Å²) >= 11 is 0. The molecule has 0 spiro atoms. The highest BCUT2D eigenvalue weighted by atomic mass is 16.2. The third kappa shape index (κ3) is 4.06. The Morgan fingerprint density at radius 1 is 1.11 bits per heavy atom. The van der Waals surface area contributed by atoms with Gasteiger partial charge in [0, 0.05) is 22.8 Å². The van der Waals surface area contributed by atoms with Crippen molar-refractivity contribution in [2.24, 2.45) is 0 Å². The number of fused-ring (bicyclic) bond motifs is 1. The number of hydrogen-bond donors (Lipinski definition) is 2. The molecule has 1 fully saturated rings. The molecule has 0 aliphatic carbocycles. The Morgan fingerprint density at radius 3 is 2.56 bits per heavy atom. The average Bonchev–Trinajstić information content (AvgIpc) is 3.05. The number of H-pyrrole nitrogens is 1. The number of anilines is 1. The third-order valence-corrected chi connectivity index (χ3v) is 5.52. The van der Waals surface area contributed by atoms with Gasteiger partial charge in [-0.25, -0.2) is 0 Å². The number of rotatable bonds is 4. The lowest BCUT2D eigenvalue weighted by molar-refractivity contribution is -0.117. The molecule has 2 aromatic carbocycles. The summed E-state index contributed by atoms with van der Waals surface area (Å²) in [6.07, 6.45) is 4.36. The van der Waals surface area contributed by atoms with Crippen LogP contribution in [0.25, 0.3) is 10.9 Å². The SMILES string of the molecule is Cc1cc(C)cc(NC(=O)CN2CCC(c3c[nH]c4ccccc34)CC2)c1. The van der Waals surface area contributed by atoms with Gasteiger partial charge in [-0.15, -0.1) is 0 Å². The lowest BCUT2D eigenvalue weighted by atomic mass is 9.89. The predicted molar refractivity (Wildman–Crippen MR) is 111 cm³/mol. The first-order valence-electron chi connectivity index (χ1n) is 9.75. The van der Waals surface area contributed by atoms with E-state index in [1.165, 1.54) is 27.6 Å². The summed E-state index contributed by atoms with van der Waals surface area (Å²) in [5, 5.41) is 4.38. The zero-order valence-corrected chi connectivity index (χ0v) is 16.1. The second-order valence-corrected chi connectivity index (χ2v) is 7.76. The van der Waals surface area contributed by atoms with Crippen molar-refractivity contribution in [2.75, 3.05) is 25.0 Å². The average molecular weight is 361 g/mol. The Labute approximate surface area is 160 Å². The van der Waals surface area contributed by atoms with Crippen LogP contribution in [0.4, 0.5) is 5.69 Å². The minimum Gasteiger partial charge on any atom is -0.361 e. The molecule has 1 aromatic heterocycles. The van der Waals surface area contributed by atoms with Crippen LogP contribution < -0.4 is 5.32 Å². The molecule has 0 saturated carbocycles. The Morgan fingerprint density at radius 2 is 1.81 bits per heavy atom. The number of hydrogen-bond acceptors (Lipinski definition) is 2. The van der Waals surface area contributed by atoms with Crippen LogP contribution in [-0.4, -0.2) is 35.4 Å². The molecular weight excluding hydrogens is 334 g/mol. The first kappa shape index (κ1) is 17.8. The monoisotopic (exact) mass is 361 g/mol. The maximum Gasteiger partial charge on any atom is 0.238 e. The highest BCUT2D eigenvalue weighted by Gasteiger charge is 2.23. The van der Waals surface area contributed by atoms with Crippen molar-refractivity contribution in [2.45, 2.75) is 32.6 Å². The molecule has 0 atom stereocenters. The van der Waals surface area contributed by atoms with Gasteiger partial charge in [0.25, 0.3) is 0 Å². The summed E-state index contributed by atoms with van der Waals surface area (Å²) in [7, 11) is 0. The van der Waals surface area contributed by atoms with E-state index in [9.17, 15) is 4.79 Å². The Bertz CT molecular complexity index is 931. The van der Waals surface area contributed by atoms with Gasteiger partial charge in [0.2, 0.25) is 5.91 Å². The molecule has 140 valence electrons. The van der Waals surface area contributed by atoms with Crippen molar-refractivity contribution >= 4 is 22.5 Å². The number of likely N-dealkylation sites (tertiary alicyclic amines) is 1. The molecule has 4 rings (SSSR count). The first-order chi connectivity index (χ1) is 13.1. The van der Waals surface area contributed by atoms with Crippen molar-refractivity contribution in [1.29, 1.82) is 0 Å². The summed E-state index contributed by atoms with van der Waals surface area (Å²) in [5.74, 6) is 0.644. The fourth-order valence-corrected chi connectivity index (χ4v) is 4.28. The molecule has 4 heteroatoms. The number of nitrogens with zero attached hydrogens (tertiary/aromatic N) is 1. The number of aromatic nitrogens is 1. The van der Waals surface area contributed by atoms with E-state index in [0.717, 1.165) is 31.6 Å². The number of carbonyl (C=O) groups excluding carboxylic acids is 1. The lowest BCUT2D eigenvalue weighted by Gasteiger charge is -2.31. The van der Waals surface area contributed by atoms with E-state index in [1.807, 2.05) is 12.1 Å². The highest BCUT2D eigenvalue weighted by molar-refractivity contribution is 5.92. The zero-order chi connectivity index (χ0) is 18.8. The van der Waals surface area contributed by atoms with E-state index in [-0.39, 0.29) is 5.91 Å². The predicted octanol–water partition coefficient (Wildman–Crippen LogP) is 4.60. The highest BCUT2D eigenvalue weighted by Crippen LogP contribution is 2.33. The summed E-state index contributed by atoms with van der Waals surface area (Å²) in [5.41, 5.74) is 5.87. The van der Waals surface area contributed by atoms with Gasteiger partial charge in [0.1, 0.15) is 0 Å². The number of aromatic amines is 1. The van der Waals surface area contributed by atoms with E-state index >= 15 is 0 Å². The zero-order valence-electron chi connectivity index (χ0n) is 16.1. The fraction of sp³-hybridized carbons (Fsp3) is 0.348. The molecule has 0 radical (unpaired) electrons. The van der Waals surface area contributed by atoms with Crippen molar-refractivity contribution in [3.8, 4) is 0 Å². The van der Waals surface area contributed by atoms with Gasteiger partial charge in [0.15, 0.2) is 0 Å². The summed E-state index contributed by atoms with van der Waals surface area (Å²) in [4.78, 5) is 18.1. The van der Waals surface area contributed by atoms with Crippen molar-refractivity contribution in [3.63, 3.8) is 0 Å². The van der Waals surface area contributed by atoms with Crippen molar-refractivity contribution in [3.05, 3.63) is 65.4 Å². The van der Waals surface area contributed by atoms with Gasteiger partial charge >= 0.3 is 0 Å². The van der Waals surface area contributed by atoms with Crippen LogP contribution in [0.3, 0.4) is 0 Å². The molecule has 27 heavy (non-hydrogen) atoms. The van der Waals surface area contributed by atoms with Gasteiger partial charge < -0.3 is 10.3 Å². The smallest absolute Gasteiger partial charge is 0.238 e. The van der Waals surface area contributed by atoms with E-state index in [0.29, 0.717) is 12.5 Å².